The van der Waals surface area contributed by atoms with Crippen LogP contribution >= 0.6 is 27.5 Å². The first-order valence-electron chi connectivity index (χ1n) is 7.85. The maximum atomic E-state index is 12.2. The Morgan fingerprint density at radius 2 is 2.04 bits per heavy atom. The first-order valence-corrected chi connectivity index (χ1v) is 9.02. The average Bonchev–Trinajstić information content (AvgIpc) is 2.51. The number of rotatable bonds is 4. The van der Waals surface area contributed by atoms with Gasteiger partial charge in [0.2, 0.25) is 0 Å². The van der Waals surface area contributed by atoms with Crippen LogP contribution in [0.1, 0.15) is 49.9 Å². The highest BCUT2D eigenvalue weighted by molar-refractivity contribution is 9.10. The Morgan fingerprint density at radius 1 is 1.35 bits per heavy atom. The Hall–Kier alpha value is -1.07. The summed E-state index contributed by atoms with van der Waals surface area (Å²) in [5, 5.41) is 3.29. The van der Waals surface area contributed by atoms with E-state index in [1.807, 2.05) is 0 Å². The lowest BCUT2D eigenvalue weighted by molar-refractivity contribution is -0.130. The quantitative estimate of drug-likeness (QED) is 0.762. The maximum Gasteiger partial charge on any atom is 0.340 e. The van der Waals surface area contributed by atoms with E-state index in [2.05, 4.69) is 28.2 Å². The summed E-state index contributed by atoms with van der Waals surface area (Å²) >= 11 is 9.29. The van der Waals surface area contributed by atoms with E-state index in [1.165, 1.54) is 6.42 Å². The minimum atomic E-state index is -0.855. The van der Waals surface area contributed by atoms with Crippen molar-refractivity contribution in [3.05, 3.63) is 33.3 Å². The summed E-state index contributed by atoms with van der Waals surface area (Å²) in [6.45, 7) is 3.72. The first-order chi connectivity index (χ1) is 10.9. The molecule has 2 rings (SSSR count). The molecule has 0 aromatic heterocycles. The van der Waals surface area contributed by atoms with Crippen LogP contribution in [-0.4, -0.2) is 24.0 Å². The van der Waals surface area contributed by atoms with Crippen LogP contribution < -0.4 is 5.32 Å². The van der Waals surface area contributed by atoms with Gasteiger partial charge in [-0.3, -0.25) is 4.79 Å². The summed E-state index contributed by atoms with van der Waals surface area (Å²) in [6.07, 6.45) is 3.57. The Kier molecular flexibility index (Phi) is 6.48. The Morgan fingerprint density at radius 3 is 2.74 bits per heavy atom. The van der Waals surface area contributed by atoms with E-state index in [1.54, 1.807) is 25.1 Å². The van der Waals surface area contributed by atoms with Crippen LogP contribution in [0.25, 0.3) is 0 Å². The fraction of sp³-hybridized carbons (Fsp3) is 0.529. The van der Waals surface area contributed by atoms with E-state index >= 15 is 0 Å². The van der Waals surface area contributed by atoms with Gasteiger partial charge in [0.05, 0.1) is 10.6 Å². The van der Waals surface area contributed by atoms with Crippen LogP contribution in [0.5, 0.6) is 0 Å². The standard InChI is InChI=1S/C17H21BrClNO3/c1-10-5-3-4-6-15(10)20-16(21)11(2)23-17(22)13-9-12(18)7-8-14(13)19/h7-11,15H,3-6H2,1-2H3,(H,20,21)/t10-,11-,15-/m1/s1. The highest BCUT2D eigenvalue weighted by Gasteiger charge is 2.27. The molecule has 1 saturated carbocycles. The molecule has 0 unspecified atom stereocenters. The zero-order valence-electron chi connectivity index (χ0n) is 13.3. The molecular formula is C17H21BrClNO3. The second-order valence-corrected chi connectivity index (χ2v) is 7.37. The molecule has 6 heteroatoms. The Bertz CT molecular complexity index is 593. The topological polar surface area (TPSA) is 55.4 Å². The molecule has 23 heavy (non-hydrogen) atoms. The molecule has 1 aliphatic rings. The zero-order chi connectivity index (χ0) is 17.0. The minimum Gasteiger partial charge on any atom is -0.449 e. The number of ether oxygens (including phenoxy) is 1. The number of benzene rings is 1. The van der Waals surface area contributed by atoms with Crippen molar-refractivity contribution in [2.24, 2.45) is 5.92 Å². The van der Waals surface area contributed by atoms with Gasteiger partial charge in [0, 0.05) is 10.5 Å². The highest BCUT2D eigenvalue weighted by Crippen LogP contribution is 2.24. The third-order valence-electron chi connectivity index (χ3n) is 4.24. The van der Waals surface area contributed by atoms with Crippen LogP contribution in [0.15, 0.2) is 22.7 Å². The lowest BCUT2D eigenvalue weighted by Gasteiger charge is -2.30. The van der Waals surface area contributed by atoms with Gasteiger partial charge in [-0.1, -0.05) is 47.3 Å². The van der Waals surface area contributed by atoms with Gasteiger partial charge in [-0.25, -0.2) is 4.79 Å². The van der Waals surface area contributed by atoms with Gasteiger partial charge >= 0.3 is 5.97 Å². The van der Waals surface area contributed by atoms with Gasteiger partial charge in [0.15, 0.2) is 6.10 Å². The van der Waals surface area contributed by atoms with Crippen molar-refractivity contribution in [1.82, 2.24) is 5.32 Å². The summed E-state index contributed by atoms with van der Waals surface area (Å²) in [6, 6.07) is 5.08. The van der Waals surface area contributed by atoms with Crippen molar-refractivity contribution in [3.8, 4) is 0 Å². The van der Waals surface area contributed by atoms with E-state index in [0.29, 0.717) is 10.9 Å². The lowest BCUT2D eigenvalue weighted by atomic mass is 9.86. The van der Waals surface area contributed by atoms with Crippen molar-refractivity contribution >= 4 is 39.4 Å². The fourth-order valence-corrected chi connectivity index (χ4v) is 3.32. The van der Waals surface area contributed by atoms with E-state index in [-0.39, 0.29) is 17.5 Å². The molecule has 0 heterocycles. The monoisotopic (exact) mass is 401 g/mol. The summed E-state index contributed by atoms with van der Waals surface area (Å²) in [7, 11) is 0. The van der Waals surface area contributed by atoms with Crippen molar-refractivity contribution < 1.29 is 14.3 Å². The third-order valence-corrected chi connectivity index (χ3v) is 5.06. The molecule has 0 spiro atoms. The van der Waals surface area contributed by atoms with Crippen molar-refractivity contribution in [2.45, 2.75) is 51.7 Å². The number of hydrogen-bond acceptors (Lipinski definition) is 3. The summed E-state index contributed by atoms with van der Waals surface area (Å²) in [5.41, 5.74) is 0.242. The molecule has 1 aromatic rings. The van der Waals surface area contributed by atoms with Gasteiger partial charge < -0.3 is 10.1 Å². The molecule has 1 fully saturated rings. The van der Waals surface area contributed by atoms with Crippen molar-refractivity contribution in [3.63, 3.8) is 0 Å². The summed E-state index contributed by atoms with van der Waals surface area (Å²) < 4.78 is 5.98. The smallest absolute Gasteiger partial charge is 0.340 e. The molecule has 4 nitrogen and oxygen atoms in total. The highest BCUT2D eigenvalue weighted by atomic mass is 79.9. The first kappa shape index (κ1) is 18.3. The molecule has 0 saturated heterocycles. The normalized spacial score (nSPS) is 22.3. The third kappa shape index (κ3) is 4.95. The molecular weight excluding hydrogens is 382 g/mol. The largest absolute Gasteiger partial charge is 0.449 e. The number of carbonyl (C=O) groups excluding carboxylic acids is 2. The van der Waals surface area contributed by atoms with Crippen molar-refractivity contribution in [2.75, 3.05) is 0 Å². The van der Waals surface area contributed by atoms with Gasteiger partial charge in [0.1, 0.15) is 0 Å². The van der Waals surface area contributed by atoms with E-state index in [9.17, 15) is 9.59 Å². The minimum absolute atomic E-state index is 0.159. The fourth-order valence-electron chi connectivity index (χ4n) is 2.76. The predicted molar refractivity (Wildman–Crippen MR) is 93.6 cm³/mol. The molecule has 126 valence electrons. The molecule has 0 aliphatic heterocycles. The van der Waals surface area contributed by atoms with E-state index in [4.69, 9.17) is 16.3 Å². The van der Waals surface area contributed by atoms with Crippen LogP contribution in [0.3, 0.4) is 0 Å². The van der Waals surface area contributed by atoms with Gasteiger partial charge in [0.25, 0.3) is 5.91 Å². The SMILES string of the molecule is C[C@@H]1CCCC[C@H]1NC(=O)[C@@H](C)OC(=O)c1cc(Br)ccc1Cl. The lowest BCUT2D eigenvalue weighted by Crippen LogP contribution is -2.46. The summed E-state index contributed by atoms with van der Waals surface area (Å²) in [4.78, 5) is 24.4. The number of amides is 1. The number of esters is 1. The Labute approximate surface area is 150 Å². The van der Waals surface area contributed by atoms with Gasteiger partial charge in [-0.05, 0) is 43.9 Å². The van der Waals surface area contributed by atoms with E-state index < -0.39 is 12.1 Å². The molecule has 1 amide bonds. The molecule has 0 radical (unpaired) electrons. The predicted octanol–water partition coefficient (Wildman–Crippen LogP) is 4.34. The van der Waals surface area contributed by atoms with Gasteiger partial charge in [-0.15, -0.1) is 0 Å². The second-order valence-electron chi connectivity index (χ2n) is 6.05. The second kappa shape index (κ2) is 8.15. The average molecular weight is 403 g/mol. The maximum absolute atomic E-state index is 12.2. The number of hydrogen-bond donors (Lipinski definition) is 1. The van der Waals surface area contributed by atoms with Gasteiger partial charge in [-0.2, -0.15) is 0 Å². The molecule has 1 N–H and O–H groups in total. The number of nitrogens with one attached hydrogen (secondary N) is 1. The number of halogens is 2. The molecule has 1 aromatic carbocycles. The number of carbonyl (C=O) groups is 2. The van der Waals surface area contributed by atoms with Crippen LogP contribution in [0.2, 0.25) is 5.02 Å². The molecule has 1 aliphatic carbocycles. The van der Waals surface area contributed by atoms with Crippen molar-refractivity contribution in [1.29, 1.82) is 0 Å². The summed E-state index contributed by atoms with van der Waals surface area (Å²) in [5.74, 6) is -0.408. The van der Waals surface area contributed by atoms with Crippen LogP contribution in [0.4, 0.5) is 0 Å². The van der Waals surface area contributed by atoms with Crippen LogP contribution in [-0.2, 0) is 9.53 Å². The molecule has 0 bridgehead atoms. The van der Waals surface area contributed by atoms with E-state index in [0.717, 1.165) is 23.7 Å². The zero-order valence-corrected chi connectivity index (χ0v) is 15.6. The Balaban J connectivity index is 1.94. The molecule has 3 atom stereocenters. The van der Waals surface area contributed by atoms with Crippen LogP contribution in [0, 0.1) is 5.92 Å².